The molecule has 5 nitrogen and oxygen atoms in total. The number of thiazole rings is 1. The van der Waals surface area contributed by atoms with Crippen molar-refractivity contribution in [3.8, 4) is 16.3 Å². The van der Waals surface area contributed by atoms with E-state index < -0.39 is 17.7 Å². The van der Waals surface area contributed by atoms with Gasteiger partial charge in [0.25, 0.3) is 0 Å². The fourth-order valence-electron chi connectivity index (χ4n) is 3.31. The molecule has 34 heavy (non-hydrogen) atoms. The molecule has 9 heteroatoms. The minimum absolute atomic E-state index is 0.0682. The third-order valence-corrected chi connectivity index (χ3v) is 6.24. The molecule has 0 aliphatic carbocycles. The number of benzene rings is 2. The predicted molar refractivity (Wildman–Crippen MR) is 123 cm³/mol. The molecule has 0 spiro atoms. The molecule has 180 valence electrons. The summed E-state index contributed by atoms with van der Waals surface area (Å²) in [4.78, 5) is 38.7. The van der Waals surface area contributed by atoms with Crippen molar-refractivity contribution in [2.24, 2.45) is 0 Å². The molecule has 3 aromatic rings. The molecule has 1 heterocycles. The summed E-state index contributed by atoms with van der Waals surface area (Å²) in [7, 11) is 0. The van der Waals surface area contributed by atoms with E-state index in [9.17, 15) is 22.8 Å². The number of Topliss-reactive ketones (excluding diaryl/α,β-unsaturated/α-hetero) is 1. The number of aromatic nitrogens is 1. The first-order chi connectivity index (χ1) is 16.0. The van der Waals surface area contributed by atoms with E-state index in [1.165, 1.54) is 30.4 Å². The Morgan fingerprint density at radius 3 is 2.32 bits per heavy atom. The number of hydrogen-bond acceptors (Lipinski definition) is 6. The minimum Gasteiger partial charge on any atom is -0.294 e. The zero-order valence-corrected chi connectivity index (χ0v) is 20.0. The van der Waals surface area contributed by atoms with Gasteiger partial charge < -0.3 is 0 Å². The van der Waals surface area contributed by atoms with Gasteiger partial charge in [-0.15, -0.1) is 11.3 Å². The maximum Gasteiger partial charge on any atom is 0.416 e. The van der Waals surface area contributed by atoms with Crippen LogP contribution in [0.5, 0.6) is 5.75 Å². The van der Waals surface area contributed by atoms with Crippen LogP contribution >= 0.6 is 11.3 Å². The molecule has 1 aromatic heterocycles. The second-order valence-electron chi connectivity index (χ2n) is 8.12. The normalized spacial score (nSPS) is 11.5. The molecule has 0 N–H and O–H groups in total. The van der Waals surface area contributed by atoms with Crippen LogP contribution in [0.3, 0.4) is 0 Å². The number of halogens is 3. The highest BCUT2D eigenvalue weighted by Gasteiger charge is 2.30. The molecular weight excluding hydrogens is 467 g/mol. The summed E-state index contributed by atoms with van der Waals surface area (Å²) in [5, 5.41) is 0.627. The summed E-state index contributed by atoms with van der Waals surface area (Å²) in [6, 6.07) is 9.78. The van der Waals surface area contributed by atoms with Crippen LogP contribution in [-0.4, -0.2) is 16.7 Å². The molecule has 0 fully saturated rings. The van der Waals surface area contributed by atoms with Crippen LogP contribution < -0.4 is 4.89 Å². The van der Waals surface area contributed by atoms with Gasteiger partial charge in [-0.25, -0.2) is 9.78 Å². The smallest absolute Gasteiger partial charge is 0.294 e. The quantitative estimate of drug-likeness (QED) is 0.194. The van der Waals surface area contributed by atoms with Crippen LogP contribution in [0.1, 0.15) is 65.2 Å². The number of alkyl halides is 3. The Morgan fingerprint density at radius 2 is 1.76 bits per heavy atom. The fourth-order valence-corrected chi connectivity index (χ4v) is 4.53. The van der Waals surface area contributed by atoms with E-state index in [-0.39, 0.29) is 18.1 Å². The van der Waals surface area contributed by atoms with E-state index in [1.807, 2.05) is 13.8 Å². The number of aryl methyl sites for hydroxylation is 2. The topological polar surface area (TPSA) is 65.5 Å². The lowest BCUT2D eigenvalue weighted by Gasteiger charge is -2.08. The minimum atomic E-state index is -4.39. The second-order valence-corrected chi connectivity index (χ2v) is 9.20. The van der Waals surface area contributed by atoms with E-state index in [4.69, 9.17) is 4.89 Å². The summed E-state index contributed by atoms with van der Waals surface area (Å²) < 4.78 is 38.6. The molecule has 0 saturated heterocycles. The lowest BCUT2D eigenvalue weighted by Crippen LogP contribution is -2.06. The molecule has 0 bridgehead atoms. The standard InChI is InChI=1S/C25H24F3NO4S/c1-14(2)23-22(34-24(29-23)17-5-8-19(9-6-17)25(26,27)28)12-10-20(31)18-7-11-21(15(3)13-18)33-32-16(4)30/h5-9,11,13-14H,10,12H2,1-4H3. The van der Waals surface area contributed by atoms with E-state index in [0.29, 0.717) is 33.9 Å². The highest BCUT2D eigenvalue weighted by molar-refractivity contribution is 7.15. The maximum atomic E-state index is 12.9. The summed E-state index contributed by atoms with van der Waals surface area (Å²) in [5.74, 6) is -0.205. The molecule has 2 aromatic carbocycles. The first-order valence-electron chi connectivity index (χ1n) is 10.6. The van der Waals surface area contributed by atoms with Crippen LogP contribution in [-0.2, 0) is 22.3 Å². The van der Waals surface area contributed by atoms with Crippen molar-refractivity contribution in [2.75, 3.05) is 0 Å². The van der Waals surface area contributed by atoms with Crippen molar-refractivity contribution >= 4 is 23.1 Å². The van der Waals surface area contributed by atoms with Crippen molar-refractivity contribution in [2.45, 2.75) is 52.6 Å². The number of ketones is 1. The molecule has 0 atom stereocenters. The van der Waals surface area contributed by atoms with Gasteiger partial charge in [0.05, 0.1) is 11.3 Å². The van der Waals surface area contributed by atoms with Crippen molar-refractivity contribution in [3.63, 3.8) is 0 Å². The van der Waals surface area contributed by atoms with Gasteiger partial charge in [0.1, 0.15) is 5.01 Å². The van der Waals surface area contributed by atoms with E-state index in [2.05, 4.69) is 9.87 Å². The lowest BCUT2D eigenvalue weighted by molar-refractivity contribution is -0.211. The average molecular weight is 492 g/mol. The van der Waals surface area contributed by atoms with Crippen LogP contribution in [0.25, 0.3) is 10.6 Å². The summed E-state index contributed by atoms with van der Waals surface area (Å²) in [6.07, 6.45) is -3.67. The Labute approximate surface area is 199 Å². The van der Waals surface area contributed by atoms with Gasteiger partial charge in [-0.2, -0.15) is 13.2 Å². The molecule has 0 saturated carbocycles. The maximum absolute atomic E-state index is 12.9. The molecule has 3 rings (SSSR count). The molecule has 0 aliphatic rings. The summed E-state index contributed by atoms with van der Waals surface area (Å²) in [5.41, 5.74) is 1.90. The zero-order chi connectivity index (χ0) is 25.0. The van der Waals surface area contributed by atoms with Crippen LogP contribution in [0.2, 0.25) is 0 Å². The Kier molecular flexibility index (Phi) is 7.76. The monoisotopic (exact) mass is 491 g/mol. The van der Waals surface area contributed by atoms with Gasteiger partial charge in [-0.3, -0.25) is 14.6 Å². The van der Waals surface area contributed by atoms with E-state index in [0.717, 1.165) is 22.7 Å². The number of rotatable bonds is 8. The highest BCUT2D eigenvalue weighted by Crippen LogP contribution is 2.35. The Morgan fingerprint density at radius 1 is 1.09 bits per heavy atom. The summed E-state index contributed by atoms with van der Waals surface area (Å²) in [6.45, 7) is 6.94. The van der Waals surface area contributed by atoms with Gasteiger partial charge in [-0.1, -0.05) is 26.0 Å². The van der Waals surface area contributed by atoms with Gasteiger partial charge in [0.2, 0.25) is 0 Å². The molecule has 0 unspecified atom stereocenters. The van der Waals surface area contributed by atoms with Gasteiger partial charge in [-0.05, 0) is 55.2 Å². The lowest BCUT2D eigenvalue weighted by atomic mass is 10.0. The summed E-state index contributed by atoms with van der Waals surface area (Å²) >= 11 is 1.39. The highest BCUT2D eigenvalue weighted by atomic mass is 32.1. The van der Waals surface area contributed by atoms with Crippen molar-refractivity contribution in [3.05, 3.63) is 69.7 Å². The van der Waals surface area contributed by atoms with Gasteiger partial charge >= 0.3 is 12.1 Å². The first-order valence-corrected chi connectivity index (χ1v) is 11.4. The largest absolute Gasteiger partial charge is 0.416 e. The van der Waals surface area contributed by atoms with Crippen molar-refractivity contribution in [1.82, 2.24) is 4.98 Å². The SMILES string of the molecule is CC(=O)OOc1ccc(C(=O)CCc2sc(-c3ccc(C(F)(F)F)cc3)nc2C(C)C)cc1C. The van der Waals surface area contributed by atoms with E-state index >= 15 is 0 Å². The fraction of sp³-hybridized carbons (Fsp3) is 0.320. The van der Waals surface area contributed by atoms with Crippen LogP contribution in [0.4, 0.5) is 13.2 Å². The number of carbonyl (C=O) groups is 2. The zero-order valence-electron chi connectivity index (χ0n) is 19.2. The molecule has 0 radical (unpaired) electrons. The second kappa shape index (κ2) is 10.4. The molecule has 0 amide bonds. The molecular formula is C25H24F3NO4S. The van der Waals surface area contributed by atoms with Gasteiger partial charge in [0.15, 0.2) is 11.5 Å². The average Bonchev–Trinajstić information content (AvgIpc) is 3.20. The number of carbonyl (C=O) groups excluding carboxylic acids is 2. The number of nitrogens with zero attached hydrogens (tertiary/aromatic N) is 1. The van der Waals surface area contributed by atoms with E-state index in [1.54, 1.807) is 25.1 Å². The Bertz CT molecular complexity index is 1180. The van der Waals surface area contributed by atoms with Crippen molar-refractivity contribution < 1.29 is 32.5 Å². The molecule has 0 aliphatic heterocycles. The predicted octanol–water partition coefficient (Wildman–Crippen LogP) is 6.93. The Hall–Kier alpha value is -3.20. The van der Waals surface area contributed by atoms with Crippen LogP contribution in [0.15, 0.2) is 42.5 Å². The Balaban J connectivity index is 1.74. The van der Waals surface area contributed by atoms with Gasteiger partial charge in [0, 0.05) is 29.3 Å². The van der Waals surface area contributed by atoms with Crippen molar-refractivity contribution in [1.29, 1.82) is 0 Å². The number of hydrogen-bond donors (Lipinski definition) is 0. The van der Waals surface area contributed by atoms with Crippen LogP contribution in [0, 0.1) is 6.92 Å². The third-order valence-electron chi connectivity index (χ3n) is 5.06. The third kappa shape index (κ3) is 6.22. The first kappa shape index (κ1) is 25.4.